The second-order valence-electron chi connectivity index (χ2n) is 6.27. The van der Waals surface area contributed by atoms with Crippen LogP contribution in [0, 0.1) is 23.7 Å². The number of carbonyl (C=O) groups is 2. The van der Waals surface area contributed by atoms with E-state index in [0.29, 0.717) is 6.42 Å². The number of carboxylic acid groups (broad SMARTS) is 1. The van der Waals surface area contributed by atoms with Crippen molar-refractivity contribution in [2.75, 3.05) is 5.32 Å². The Labute approximate surface area is 130 Å². The van der Waals surface area contributed by atoms with E-state index in [9.17, 15) is 27.9 Å². The number of amides is 1. The summed E-state index contributed by atoms with van der Waals surface area (Å²) in [5.74, 6) is -3.46. The predicted octanol–water partition coefficient (Wildman–Crippen LogP) is 2.06. The molecule has 124 valence electrons. The molecule has 23 heavy (non-hydrogen) atoms. The highest BCUT2D eigenvalue weighted by Gasteiger charge is 2.51. The van der Waals surface area contributed by atoms with Crippen LogP contribution >= 0.6 is 0 Å². The van der Waals surface area contributed by atoms with Crippen LogP contribution in [-0.2, 0) is 15.8 Å². The molecule has 2 aliphatic carbocycles. The number of hydrogen-bond donors (Lipinski definition) is 1. The normalized spacial score (nSPS) is 29.5. The third-order valence-electron chi connectivity index (χ3n) is 4.95. The zero-order valence-electron chi connectivity index (χ0n) is 12.1. The van der Waals surface area contributed by atoms with Crippen LogP contribution in [0.1, 0.15) is 24.8 Å². The van der Waals surface area contributed by atoms with Gasteiger partial charge in [0.2, 0.25) is 5.91 Å². The first-order valence-electron chi connectivity index (χ1n) is 7.46. The third-order valence-corrected chi connectivity index (χ3v) is 4.95. The Balaban J connectivity index is 1.78. The number of anilines is 1. The predicted molar refractivity (Wildman–Crippen MR) is 72.9 cm³/mol. The first-order chi connectivity index (χ1) is 10.8. The van der Waals surface area contributed by atoms with Gasteiger partial charge in [0.05, 0.1) is 5.56 Å². The van der Waals surface area contributed by atoms with Crippen LogP contribution in [-0.4, -0.2) is 11.9 Å². The van der Waals surface area contributed by atoms with Gasteiger partial charge in [0, 0.05) is 23.5 Å². The average Bonchev–Trinajstić information content (AvgIpc) is 3.07. The molecule has 2 fully saturated rings. The van der Waals surface area contributed by atoms with Crippen molar-refractivity contribution < 1.29 is 27.9 Å². The maximum Gasteiger partial charge on any atom is 0.416 e. The number of alkyl halides is 3. The lowest BCUT2D eigenvalue weighted by Gasteiger charge is -2.30. The van der Waals surface area contributed by atoms with Gasteiger partial charge in [-0.3, -0.25) is 4.79 Å². The number of benzene rings is 1. The number of rotatable bonds is 3. The Bertz CT molecular complexity index is 644. The largest absolute Gasteiger partial charge is 0.550 e. The Morgan fingerprint density at radius 1 is 1.13 bits per heavy atom. The lowest BCUT2D eigenvalue weighted by atomic mass is 9.78. The zero-order chi connectivity index (χ0) is 16.8. The number of carboxylic acids is 1. The van der Waals surface area contributed by atoms with Crippen molar-refractivity contribution in [3.05, 3.63) is 29.8 Å². The van der Waals surface area contributed by atoms with E-state index in [1.165, 1.54) is 12.1 Å². The lowest BCUT2D eigenvalue weighted by molar-refractivity contribution is -0.314. The van der Waals surface area contributed by atoms with E-state index in [0.717, 1.165) is 25.0 Å². The molecule has 7 heteroatoms. The van der Waals surface area contributed by atoms with Crippen LogP contribution < -0.4 is 10.4 Å². The van der Waals surface area contributed by atoms with E-state index in [1.807, 2.05) is 0 Å². The minimum Gasteiger partial charge on any atom is -0.550 e. The van der Waals surface area contributed by atoms with Gasteiger partial charge in [-0.05, 0) is 49.3 Å². The van der Waals surface area contributed by atoms with Gasteiger partial charge in [-0.15, -0.1) is 0 Å². The summed E-state index contributed by atoms with van der Waals surface area (Å²) in [5.41, 5.74) is -0.843. The van der Waals surface area contributed by atoms with Gasteiger partial charge in [-0.25, -0.2) is 0 Å². The molecule has 2 aliphatic rings. The van der Waals surface area contributed by atoms with Crippen molar-refractivity contribution in [2.24, 2.45) is 23.7 Å². The number of hydrogen-bond acceptors (Lipinski definition) is 3. The molecule has 2 saturated carbocycles. The van der Waals surface area contributed by atoms with Gasteiger partial charge in [0.1, 0.15) is 0 Å². The van der Waals surface area contributed by atoms with Crippen LogP contribution in [0.5, 0.6) is 0 Å². The third kappa shape index (κ3) is 2.92. The monoisotopic (exact) mass is 326 g/mol. The molecule has 1 aromatic rings. The summed E-state index contributed by atoms with van der Waals surface area (Å²) in [4.78, 5) is 23.7. The topological polar surface area (TPSA) is 69.2 Å². The number of halogens is 3. The molecule has 0 heterocycles. The minimum atomic E-state index is -4.50. The fraction of sp³-hybridized carbons (Fsp3) is 0.500. The summed E-state index contributed by atoms with van der Waals surface area (Å²) < 4.78 is 38.1. The lowest BCUT2D eigenvalue weighted by Crippen LogP contribution is -2.43. The first-order valence-corrected chi connectivity index (χ1v) is 7.46. The summed E-state index contributed by atoms with van der Waals surface area (Å²) in [7, 11) is 0. The number of carbonyl (C=O) groups excluding carboxylic acids is 2. The summed E-state index contributed by atoms with van der Waals surface area (Å²) in [6.45, 7) is 0. The average molecular weight is 326 g/mol. The van der Waals surface area contributed by atoms with E-state index in [2.05, 4.69) is 5.32 Å². The highest BCUT2D eigenvalue weighted by Crippen LogP contribution is 2.52. The van der Waals surface area contributed by atoms with Gasteiger partial charge < -0.3 is 15.2 Å². The van der Waals surface area contributed by atoms with E-state index in [4.69, 9.17) is 0 Å². The highest BCUT2D eigenvalue weighted by atomic mass is 19.4. The van der Waals surface area contributed by atoms with Crippen LogP contribution in [0.4, 0.5) is 18.9 Å². The maximum atomic E-state index is 12.7. The summed E-state index contributed by atoms with van der Waals surface area (Å²) >= 11 is 0. The second kappa shape index (κ2) is 5.54. The second-order valence-corrected chi connectivity index (χ2v) is 6.27. The highest BCUT2D eigenvalue weighted by molar-refractivity contribution is 5.95. The smallest absolute Gasteiger partial charge is 0.416 e. The van der Waals surface area contributed by atoms with Gasteiger partial charge in [-0.2, -0.15) is 13.2 Å². The number of nitrogens with one attached hydrogen (secondary N) is 1. The molecular weight excluding hydrogens is 311 g/mol. The fourth-order valence-electron chi connectivity index (χ4n) is 4.01. The summed E-state index contributed by atoms with van der Waals surface area (Å²) in [6.07, 6.45) is -2.30. The Hall–Kier alpha value is -2.05. The van der Waals surface area contributed by atoms with Gasteiger partial charge >= 0.3 is 6.18 Å². The number of aliphatic carboxylic acids is 1. The Kier molecular flexibility index (Phi) is 3.82. The van der Waals surface area contributed by atoms with Crippen molar-refractivity contribution in [3.8, 4) is 0 Å². The van der Waals surface area contributed by atoms with E-state index in [1.54, 1.807) is 0 Å². The van der Waals surface area contributed by atoms with Crippen LogP contribution in [0.2, 0.25) is 0 Å². The summed E-state index contributed by atoms with van der Waals surface area (Å²) in [6, 6.07) is 4.32. The van der Waals surface area contributed by atoms with Gasteiger partial charge in [-0.1, -0.05) is 6.07 Å². The summed E-state index contributed by atoms with van der Waals surface area (Å²) in [5, 5.41) is 13.7. The maximum absolute atomic E-state index is 12.7. The van der Waals surface area contributed by atoms with Crippen molar-refractivity contribution in [1.82, 2.24) is 0 Å². The van der Waals surface area contributed by atoms with Crippen molar-refractivity contribution in [2.45, 2.75) is 25.4 Å². The molecule has 0 radical (unpaired) electrons. The molecule has 0 saturated heterocycles. The van der Waals surface area contributed by atoms with Crippen LogP contribution in [0.3, 0.4) is 0 Å². The SMILES string of the molecule is O=C(Nc1cccc(C(F)(F)F)c1)[C@@H]1[C@H]2CC[C@@H](C2)[C@@H]1C(=O)[O-]. The molecule has 0 aliphatic heterocycles. The van der Waals surface area contributed by atoms with Crippen LogP contribution in [0.15, 0.2) is 24.3 Å². The van der Waals surface area contributed by atoms with E-state index in [-0.39, 0.29) is 17.5 Å². The Morgan fingerprint density at radius 2 is 1.78 bits per heavy atom. The zero-order valence-corrected chi connectivity index (χ0v) is 12.1. The molecule has 1 N–H and O–H groups in total. The molecular formula is C16H15F3NO3-. The van der Waals surface area contributed by atoms with Gasteiger partial charge in [0.25, 0.3) is 0 Å². The molecule has 3 rings (SSSR count). The van der Waals surface area contributed by atoms with Crippen LogP contribution in [0.25, 0.3) is 0 Å². The molecule has 0 aromatic heterocycles. The van der Waals surface area contributed by atoms with Gasteiger partial charge in [0.15, 0.2) is 0 Å². The molecule has 2 bridgehead atoms. The fourth-order valence-corrected chi connectivity index (χ4v) is 4.01. The van der Waals surface area contributed by atoms with Crippen molar-refractivity contribution >= 4 is 17.6 Å². The molecule has 4 nitrogen and oxygen atoms in total. The molecule has 1 amide bonds. The molecule has 0 spiro atoms. The molecule has 4 atom stereocenters. The first kappa shape index (κ1) is 15.8. The van der Waals surface area contributed by atoms with Crippen molar-refractivity contribution in [1.29, 1.82) is 0 Å². The van der Waals surface area contributed by atoms with Crippen molar-refractivity contribution in [3.63, 3.8) is 0 Å². The molecule has 0 unspecified atom stereocenters. The standard InChI is InChI=1S/C16H16F3NO3/c17-16(18,19)10-2-1-3-11(7-10)20-14(21)12-8-4-5-9(6-8)13(12)15(22)23/h1-3,7-9,12-13H,4-6H2,(H,20,21)(H,22,23)/p-1/t8-,9-,12+,13-/m0/s1. The number of fused-ring (bicyclic) bond motifs is 2. The molecule has 1 aromatic carbocycles. The quantitative estimate of drug-likeness (QED) is 0.924. The van der Waals surface area contributed by atoms with E-state index >= 15 is 0 Å². The van der Waals surface area contributed by atoms with E-state index < -0.39 is 35.5 Å². The minimum absolute atomic E-state index is 0.0182. The Morgan fingerprint density at radius 3 is 2.39 bits per heavy atom.